The Balaban J connectivity index is 3.18. The fourth-order valence-corrected chi connectivity index (χ4v) is 1.93. The van der Waals surface area contributed by atoms with Crippen LogP contribution in [0.2, 0.25) is 5.02 Å². The molecule has 0 saturated heterocycles. The van der Waals surface area contributed by atoms with E-state index in [0.717, 1.165) is 0 Å². The number of nitrogens with two attached hydrogens (primary N) is 1. The third-order valence-corrected chi connectivity index (χ3v) is 3.14. The van der Waals surface area contributed by atoms with Crippen LogP contribution in [-0.2, 0) is 9.84 Å². The van der Waals surface area contributed by atoms with Gasteiger partial charge in [-0.05, 0) is 30.1 Å². The molecule has 2 N–H and O–H groups in total. The van der Waals surface area contributed by atoms with Gasteiger partial charge in [0.25, 0.3) is 0 Å². The summed E-state index contributed by atoms with van der Waals surface area (Å²) in [6.45, 7) is 0. The first kappa shape index (κ1) is 10.9. The summed E-state index contributed by atoms with van der Waals surface area (Å²) in [4.78, 5) is -0.0132. The lowest BCUT2D eigenvalue weighted by Gasteiger charge is -2.04. The minimum absolute atomic E-state index is 0.0132. The summed E-state index contributed by atoms with van der Waals surface area (Å²) in [5.74, 6) is -1.00. The third-order valence-electron chi connectivity index (χ3n) is 1.41. The van der Waals surface area contributed by atoms with Crippen LogP contribution >= 0.6 is 11.6 Å². The maximum atomic E-state index is 11.4. The summed E-state index contributed by atoms with van der Waals surface area (Å²) >= 11 is 5.57. The lowest BCUT2D eigenvalue weighted by Crippen LogP contribution is -2.15. The number of hydrogen-bond acceptors (Lipinski definition) is 4. The molecule has 0 atom stereocenters. The van der Waals surface area contributed by atoms with Crippen LogP contribution in [0.15, 0.2) is 40.5 Å². The van der Waals surface area contributed by atoms with Gasteiger partial charge in [-0.2, -0.15) is 0 Å². The van der Waals surface area contributed by atoms with Crippen LogP contribution in [0.5, 0.6) is 0 Å². The Labute approximate surface area is 86.5 Å². The summed E-state index contributed by atoms with van der Waals surface area (Å²) in [5.41, 5.74) is 4.75. The molecule has 0 heterocycles. The Kier molecular flexibility index (Phi) is 3.03. The molecule has 0 aliphatic heterocycles. The molecule has 76 valence electrons. The molecular weight excluding hydrogens is 226 g/mol. The van der Waals surface area contributed by atoms with Crippen molar-refractivity contribution in [1.82, 2.24) is 0 Å². The van der Waals surface area contributed by atoms with E-state index in [9.17, 15) is 13.5 Å². The zero-order chi connectivity index (χ0) is 10.8. The van der Waals surface area contributed by atoms with Crippen molar-refractivity contribution in [2.75, 3.05) is 0 Å². The van der Waals surface area contributed by atoms with E-state index in [1.165, 1.54) is 24.3 Å². The fraction of sp³-hybridized carbons (Fsp3) is 0. The molecule has 0 bridgehead atoms. The summed E-state index contributed by atoms with van der Waals surface area (Å²) in [6.07, 6.45) is 0. The van der Waals surface area contributed by atoms with Crippen LogP contribution in [0.1, 0.15) is 0 Å². The number of benzene rings is 1. The minimum Gasteiger partial charge on any atom is -0.860 e. The highest BCUT2D eigenvalue weighted by Crippen LogP contribution is 2.15. The second-order valence-corrected chi connectivity index (χ2v) is 4.75. The third kappa shape index (κ3) is 2.65. The Morgan fingerprint density at radius 3 is 2.29 bits per heavy atom. The van der Waals surface area contributed by atoms with E-state index >= 15 is 0 Å². The molecule has 1 aromatic rings. The van der Waals surface area contributed by atoms with Crippen LogP contribution < -0.4 is 10.8 Å². The van der Waals surface area contributed by atoms with Gasteiger partial charge in [0.05, 0.1) is 4.90 Å². The first-order valence-corrected chi connectivity index (χ1v) is 5.49. The SMILES string of the molecule is N/C([O-])=C/S(=O)(=O)c1ccc(Cl)cc1. The van der Waals surface area contributed by atoms with Crippen LogP contribution in [0.4, 0.5) is 0 Å². The molecule has 6 heteroatoms. The second kappa shape index (κ2) is 3.89. The van der Waals surface area contributed by atoms with Crippen LogP contribution in [0, 0.1) is 0 Å². The Bertz CT molecular complexity index is 446. The predicted molar refractivity (Wildman–Crippen MR) is 50.9 cm³/mol. The number of rotatable bonds is 2. The first-order valence-electron chi connectivity index (χ1n) is 3.56. The van der Waals surface area contributed by atoms with Crippen molar-refractivity contribution in [3.05, 3.63) is 40.6 Å². The fourth-order valence-electron chi connectivity index (χ4n) is 0.845. The largest absolute Gasteiger partial charge is 0.860 e. The average molecular weight is 233 g/mol. The highest BCUT2D eigenvalue weighted by atomic mass is 35.5. The van der Waals surface area contributed by atoms with Crippen molar-refractivity contribution >= 4 is 21.4 Å². The molecule has 1 rings (SSSR count). The van der Waals surface area contributed by atoms with E-state index < -0.39 is 15.7 Å². The number of sulfone groups is 1. The standard InChI is InChI=1S/C8H8ClNO3S/c9-6-1-3-7(4-2-6)14(12,13)5-8(10)11/h1-5,11H,10H2/p-1/b8-5-. The molecular formula is C8H7ClNO3S-. The van der Waals surface area contributed by atoms with Gasteiger partial charge in [0.2, 0.25) is 9.84 Å². The highest BCUT2D eigenvalue weighted by Gasteiger charge is 2.09. The first-order chi connectivity index (χ1) is 6.42. The Hall–Kier alpha value is -1.20. The lowest BCUT2D eigenvalue weighted by atomic mass is 10.4. The smallest absolute Gasteiger partial charge is 0.200 e. The summed E-state index contributed by atoms with van der Waals surface area (Å²) in [7, 11) is -3.73. The van der Waals surface area contributed by atoms with Crippen LogP contribution in [0.25, 0.3) is 0 Å². The zero-order valence-corrected chi connectivity index (χ0v) is 8.55. The van der Waals surface area contributed by atoms with Crippen LogP contribution in [-0.4, -0.2) is 8.42 Å². The summed E-state index contributed by atoms with van der Waals surface area (Å²) in [5, 5.41) is 11.3. The minimum atomic E-state index is -3.73. The van der Waals surface area contributed by atoms with Gasteiger partial charge in [0.1, 0.15) is 0 Å². The molecule has 0 aliphatic rings. The predicted octanol–water partition coefficient (Wildman–Crippen LogP) is 0.232. The van der Waals surface area contributed by atoms with Crippen molar-refractivity contribution < 1.29 is 13.5 Å². The monoisotopic (exact) mass is 232 g/mol. The van der Waals surface area contributed by atoms with Gasteiger partial charge in [0, 0.05) is 10.4 Å². The van der Waals surface area contributed by atoms with Crippen molar-refractivity contribution in [2.24, 2.45) is 5.73 Å². The topological polar surface area (TPSA) is 83.2 Å². The van der Waals surface area contributed by atoms with Crippen molar-refractivity contribution in [1.29, 1.82) is 0 Å². The summed E-state index contributed by atoms with van der Waals surface area (Å²) in [6, 6.07) is 5.45. The van der Waals surface area contributed by atoms with Gasteiger partial charge in [-0.3, -0.25) is 0 Å². The lowest BCUT2D eigenvalue weighted by molar-refractivity contribution is -0.304. The molecule has 0 unspecified atom stereocenters. The normalized spacial score (nSPS) is 12.8. The van der Waals surface area contributed by atoms with E-state index in [0.29, 0.717) is 10.4 Å². The molecule has 4 nitrogen and oxygen atoms in total. The number of hydrogen-bond donors (Lipinski definition) is 1. The number of halogens is 1. The van der Waals surface area contributed by atoms with Crippen LogP contribution in [0.3, 0.4) is 0 Å². The van der Waals surface area contributed by atoms with Gasteiger partial charge in [0.15, 0.2) is 0 Å². The Morgan fingerprint density at radius 2 is 1.86 bits per heavy atom. The molecule has 0 saturated carbocycles. The van der Waals surface area contributed by atoms with Gasteiger partial charge < -0.3 is 10.8 Å². The molecule has 0 radical (unpaired) electrons. The van der Waals surface area contributed by atoms with Gasteiger partial charge in [-0.1, -0.05) is 11.6 Å². The highest BCUT2D eigenvalue weighted by molar-refractivity contribution is 7.94. The maximum Gasteiger partial charge on any atom is 0.200 e. The van der Waals surface area contributed by atoms with E-state index in [1.54, 1.807) is 0 Å². The van der Waals surface area contributed by atoms with E-state index in [-0.39, 0.29) is 4.90 Å². The molecule has 14 heavy (non-hydrogen) atoms. The molecule has 0 aliphatic carbocycles. The van der Waals surface area contributed by atoms with Crippen molar-refractivity contribution in [3.63, 3.8) is 0 Å². The Morgan fingerprint density at radius 1 is 1.36 bits per heavy atom. The van der Waals surface area contributed by atoms with Gasteiger partial charge >= 0.3 is 0 Å². The maximum absolute atomic E-state index is 11.4. The average Bonchev–Trinajstić information content (AvgIpc) is 2.02. The van der Waals surface area contributed by atoms with Gasteiger partial charge in [-0.15, -0.1) is 0 Å². The van der Waals surface area contributed by atoms with E-state index in [2.05, 4.69) is 0 Å². The van der Waals surface area contributed by atoms with Crippen molar-refractivity contribution in [3.8, 4) is 0 Å². The molecule has 0 fully saturated rings. The van der Waals surface area contributed by atoms with E-state index in [4.69, 9.17) is 17.3 Å². The molecule has 0 aromatic heterocycles. The zero-order valence-electron chi connectivity index (χ0n) is 6.98. The quantitative estimate of drug-likeness (QED) is 0.740. The molecule has 0 spiro atoms. The summed E-state index contributed by atoms with van der Waals surface area (Å²) < 4.78 is 22.7. The van der Waals surface area contributed by atoms with E-state index in [1.807, 2.05) is 0 Å². The second-order valence-electron chi connectivity index (χ2n) is 2.52. The molecule has 1 aromatic carbocycles. The van der Waals surface area contributed by atoms with Gasteiger partial charge in [-0.25, -0.2) is 8.42 Å². The van der Waals surface area contributed by atoms with Crippen molar-refractivity contribution in [2.45, 2.75) is 4.90 Å². The molecule has 0 amide bonds.